The largest absolute Gasteiger partial charge is 0.497 e. The van der Waals surface area contributed by atoms with Gasteiger partial charge in [-0.3, -0.25) is 4.79 Å². The van der Waals surface area contributed by atoms with Gasteiger partial charge in [-0.05, 0) is 54.2 Å². The number of fused-ring (bicyclic) bond motifs is 1. The number of carbonyl (C=O) groups excluding carboxylic acids is 1. The Morgan fingerprint density at radius 3 is 2.54 bits per heavy atom. The number of ether oxygens (including phenoxy) is 3. The van der Waals surface area contributed by atoms with E-state index < -0.39 is 0 Å². The highest BCUT2D eigenvalue weighted by Gasteiger charge is 2.25. The van der Waals surface area contributed by atoms with Crippen molar-refractivity contribution in [2.75, 3.05) is 27.0 Å². The molecule has 0 radical (unpaired) electrons. The smallest absolute Gasteiger partial charge is 0.231 e. The lowest BCUT2D eigenvalue weighted by Crippen LogP contribution is -2.38. The van der Waals surface area contributed by atoms with Crippen LogP contribution in [0.4, 0.5) is 0 Å². The summed E-state index contributed by atoms with van der Waals surface area (Å²) in [6.45, 7) is 1.90. The van der Waals surface area contributed by atoms with Gasteiger partial charge in [0.25, 0.3) is 0 Å². The van der Waals surface area contributed by atoms with E-state index in [1.54, 1.807) is 7.11 Å². The Hall–Kier alpha value is -2.69. The van der Waals surface area contributed by atoms with Gasteiger partial charge < -0.3 is 19.1 Å². The molecule has 1 fully saturated rings. The average Bonchev–Trinajstić information content (AvgIpc) is 3.16. The molecule has 0 atom stereocenters. The molecule has 5 nitrogen and oxygen atoms in total. The van der Waals surface area contributed by atoms with Gasteiger partial charge in [0.15, 0.2) is 11.5 Å². The zero-order valence-electron chi connectivity index (χ0n) is 14.9. The Labute approximate surface area is 153 Å². The fourth-order valence-electron chi connectivity index (χ4n) is 3.66. The summed E-state index contributed by atoms with van der Waals surface area (Å²) in [5, 5.41) is 0. The van der Waals surface area contributed by atoms with Crippen LogP contribution >= 0.6 is 0 Å². The third kappa shape index (κ3) is 3.47. The number of likely N-dealkylation sites (tertiary alicyclic amines) is 1. The molecule has 1 amide bonds. The van der Waals surface area contributed by atoms with E-state index in [-0.39, 0.29) is 5.91 Å². The second kappa shape index (κ2) is 7.28. The van der Waals surface area contributed by atoms with Crippen molar-refractivity contribution in [1.29, 1.82) is 0 Å². The lowest BCUT2D eigenvalue weighted by molar-refractivity contribution is -0.131. The monoisotopic (exact) mass is 353 g/mol. The fourth-order valence-corrected chi connectivity index (χ4v) is 3.66. The van der Waals surface area contributed by atoms with Gasteiger partial charge in [0, 0.05) is 13.1 Å². The van der Waals surface area contributed by atoms with Gasteiger partial charge >= 0.3 is 0 Å². The summed E-state index contributed by atoms with van der Waals surface area (Å²) < 4.78 is 16.0. The van der Waals surface area contributed by atoms with Crippen molar-refractivity contribution >= 4 is 5.91 Å². The summed E-state index contributed by atoms with van der Waals surface area (Å²) in [5.74, 6) is 3.13. The molecule has 0 aromatic heterocycles. The predicted octanol–water partition coefficient (Wildman–Crippen LogP) is 3.37. The fraction of sp³-hybridized carbons (Fsp3) is 0.381. The lowest BCUT2D eigenvalue weighted by Gasteiger charge is -2.32. The number of rotatable bonds is 4. The second-order valence-corrected chi connectivity index (χ2v) is 6.79. The van der Waals surface area contributed by atoms with E-state index in [1.165, 1.54) is 5.56 Å². The van der Waals surface area contributed by atoms with Crippen LogP contribution in [0.15, 0.2) is 42.5 Å². The van der Waals surface area contributed by atoms with Crippen molar-refractivity contribution in [3.63, 3.8) is 0 Å². The molecule has 0 unspecified atom stereocenters. The van der Waals surface area contributed by atoms with Crippen LogP contribution in [-0.4, -0.2) is 37.8 Å². The van der Waals surface area contributed by atoms with Crippen molar-refractivity contribution in [1.82, 2.24) is 4.90 Å². The molecule has 1 saturated heterocycles. The first-order valence-corrected chi connectivity index (χ1v) is 9.03. The highest BCUT2D eigenvalue weighted by atomic mass is 16.7. The molecule has 2 aromatic carbocycles. The minimum absolute atomic E-state index is 0.194. The van der Waals surface area contributed by atoms with Crippen LogP contribution in [0.2, 0.25) is 0 Å². The average molecular weight is 353 g/mol. The van der Waals surface area contributed by atoms with Gasteiger partial charge in [0.05, 0.1) is 13.5 Å². The van der Waals surface area contributed by atoms with Crippen molar-refractivity contribution in [2.45, 2.75) is 25.2 Å². The summed E-state index contributed by atoms with van der Waals surface area (Å²) in [6.07, 6.45) is 2.40. The maximum atomic E-state index is 12.6. The van der Waals surface area contributed by atoms with Crippen LogP contribution in [-0.2, 0) is 11.2 Å². The SMILES string of the molecule is COc1ccc(CC(=O)N2CCC(c3ccc4c(c3)OCO4)CC2)cc1. The maximum absolute atomic E-state index is 12.6. The number of amides is 1. The highest BCUT2D eigenvalue weighted by Crippen LogP contribution is 2.37. The minimum Gasteiger partial charge on any atom is -0.497 e. The third-order valence-electron chi connectivity index (χ3n) is 5.23. The number of benzene rings is 2. The van der Waals surface area contributed by atoms with Gasteiger partial charge in [-0.15, -0.1) is 0 Å². The van der Waals surface area contributed by atoms with Crippen LogP contribution in [0.1, 0.15) is 29.9 Å². The number of nitrogens with zero attached hydrogens (tertiary/aromatic N) is 1. The molecular formula is C21H23NO4. The molecule has 26 heavy (non-hydrogen) atoms. The molecule has 0 spiro atoms. The Balaban J connectivity index is 1.33. The van der Waals surface area contributed by atoms with Crippen LogP contribution in [0.25, 0.3) is 0 Å². The van der Waals surface area contributed by atoms with E-state index in [0.29, 0.717) is 19.1 Å². The molecule has 2 aromatic rings. The third-order valence-corrected chi connectivity index (χ3v) is 5.23. The van der Waals surface area contributed by atoms with Gasteiger partial charge in [-0.25, -0.2) is 0 Å². The van der Waals surface area contributed by atoms with Crippen molar-refractivity contribution < 1.29 is 19.0 Å². The molecule has 4 rings (SSSR count). The zero-order chi connectivity index (χ0) is 17.9. The van der Waals surface area contributed by atoms with E-state index in [9.17, 15) is 4.79 Å². The molecule has 5 heteroatoms. The van der Waals surface area contributed by atoms with E-state index in [2.05, 4.69) is 12.1 Å². The van der Waals surface area contributed by atoms with Crippen molar-refractivity contribution in [3.05, 3.63) is 53.6 Å². The summed E-state index contributed by atoms with van der Waals surface area (Å²) in [5.41, 5.74) is 2.30. The molecule has 2 heterocycles. The molecule has 0 N–H and O–H groups in total. The molecule has 2 aliphatic heterocycles. The molecule has 2 aliphatic rings. The van der Waals surface area contributed by atoms with Crippen LogP contribution in [0.5, 0.6) is 17.2 Å². The second-order valence-electron chi connectivity index (χ2n) is 6.79. The van der Waals surface area contributed by atoms with Crippen LogP contribution < -0.4 is 14.2 Å². The number of hydrogen-bond acceptors (Lipinski definition) is 4. The summed E-state index contributed by atoms with van der Waals surface area (Å²) in [6, 6.07) is 13.9. The first-order valence-electron chi connectivity index (χ1n) is 9.03. The normalized spacial score (nSPS) is 16.6. The Kier molecular flexibility index (Phi) is 4.69. The Bertz CT molecular complexity index is 779. The number of hydrogen-bond donors (Lipinski definition) is 0. The van der Waals surface area contributed by atoms with Gasteiger partial charge in [-0.1, -0.05) is 18.2 Å². The lowest BCUT2D eigenvalue weighted by atomic mass is 9.89. The maximum Gasteiger partial charge on any atom is 0.231 e. The van der Waals surface area contributed by atoms with Crippen molar-refractivity contribution in [3.8, 4) is 17.2 Å². The zero-order valence-corrected chi connectivity index (χ0v) is 14.9. The topological polar surface area (TPSA) is 48.0 Å². The number of methoxy groups -OCH3 is 1. The summed E-state index contributed by atoms with van der Waals surface area (Å²) in [7, 11) is 1.64. The molecule has 0 aliphatic carbocycles. The molecule has 0 bridgehead atoms. The molecule has 0 saturated carbocycles. The molecule has 136 valence electrons. The predicted molar refractivity (Wildman–Crippen MR) is 97.8 cm³/mol. The van der Waals surface area contributed by atoms with E-state index in [4.69, 9.17) is 14.2 Å². The van der Waals surface area contributed by atoms with E-state index in [0.717, 1.165) is 48.7 Å². The number of piperidine rings is 1. The van der Waals surface area contributed by atoms with E-state index in [1.807, 2.05) is 35.2 Å². The van der Waals surface area contributed by atoms with Gasteiger partial charge in [0.2, 0.25) is 12.7 Å². The Morgan fingerprint density at radius 2 is 1.81 bits per heavy atom. The Morgan fingerprint density at radius 1 is 1.08 bits per heavy atom. The van der Waals surface area contributed by atoms with E-state index >= 15 is 0 Å². The highest BCUT2D eigenvalue weighted by molar-refractivity contribution is 5.79. The van der Waals surface area contributed by atoms with Crippen molar-refractivity contribution in [2.24, 2.45) is 0 Å². The summed E-state index contributed by atoms with van der Waals surface area (Å²) >= 11 is 0. The van der Waals surface area contributed by atoms with Crippen LogP contribution in [0, 0.1) is 0 Å². The molecular weight excluding hydrogens is 330 g/mol. The minimum atomic E-state index is 0.194. The van der Waals surface area contributed by atoms with Gasteiger partial charge in [-0.2, -0.15) is 0 Å². The number of carbonyl (C=O) groups is 1. The summed E-state index contributed by atoms with van der Waals surface area (Å²) in [4.78, 5) is 14.6. The van der Waals surface area contributed by atoms with Gasteiger partial charge in [0.1, 0.15) is 5.75 Å². The standard InChI is InChI=1S/C21H23NO4/c1-24-18-5-2-15(3-6-18)12-21(23)22-10-8-16(9-11-22)17-4-7-19-20(13-17)26-14-25-19/h2-7,13,16H,8-12,14H2,1H3. The quantitative estimate of drug-likeness (QED) is 0.846. The van der Waals surface area contributed by atoms with Crippen LogP contribution in [0.3, 0.4) is 0 Å². The first kappa shape index (κ1) is 16.8. The first-order chi connectivity index (χ1) is 12.7.